The van der Waals surface area contributed by atoms with E-state index < -0.39 is 0 Å². The first kappa shape index (κ1) is 14.4. The minimum atomic E-state index is -0.184. The molecule has 0 saturated carbocycles. The van der Waals surface area contributed by atoms with Crippen molar-refractivity contribution in [1.82, 2.24) is 0 Å². The Morgan fingerprint density at radius 1 is 1.05 bits per heavy atom. The van der Waals surface area contributed by atoms with Gasteiger partial charge in [-0.2, -0.15) is 0 Å². The molecular weight excluding hydrogens is 296 g/mol. The van der Waals surface area contributed by atoms with Gasteiger partial charge in [0.25, 0.3) is 5.91 Å². The molecule has 0 atom stereocenters. The summed E-state index contributed by atoms with van der Waals surface area (Å²) < 4.78 is 0. The van der Waals surface area contributed by atoms with E-state index in [0.29, 0.717) is 22.0 Å². The maximum absolute atomic E-state index is 12.5. The van der Waals surface area contributed by atoms with Crippen LogP contribution >= 0.6 is 11.6 Å². The van der Waals surface area contributed by atoms with Crippen LogP contribution in [-0.4, -0.2) is 5.91 Å². The van der Waals surface area contributed by atoms with Gasteiger partial charge in [0.2, 0.25) is 0 Å². The van der Waals surface area contributed by atoms with E-state index >= 15 is 0 Å². The highest BCUT2D eigenvalue weighted by Crippen LogP contribution is 2.26. The summed E-state index contributed by atoms with van der Waals surface area (Å²) in [6, 6.07) is 16.5. The number of aryl methyl sites for hydroxylation is 1. The van der Waals surface area contributed by atoms with Crippen molar-refractivity contribution < 1.29 is 4.79 Å². The molecule has 0 fully saturated rings. The van der Waals surface area contributed by atoms with Crippen LogP contribution in [0.5, 0.6) is 0 Å². The third-order valence-corrected chi connectivity index (χ3v) is 3.98. The van der Waals surface area contributed by atoms with Crippen LogP contribution in [0.2, 0.25) is 5.02 Å². The van der Waals surface area contributed by atoms with Crippen molar-refractivity contribution in [3.63, 3.8) is 0 Å². The zero-order chi connectivity index (χ0) is 15.7. The van der Waals surface area contributed by atoms with Gasteiger partial charge in [0, 0.05) is 27.3 Å². The number of halogens is 1. The number of carbonyl (C=O) groups is 1. The number of hydrogen-bond donors (Lipinski definition) is 2. The number of nitrogen functional groups attached to an aromatic ring is 1. The van der Waals surface area contributed by atoms with Crippen molar-refractivity contribution in [2.45, 2.75) is 6.92 Å². The molecule has 0 aliphatic carbocycles. The van der Waals surface area contributed by atoms with Crippen LogP contribution in [0.25, 0.3) is 10.8 Å². The Hall–Kier alpha value is -2.52. The first-order valence-corrected chi connectivity index (χ1v) is 7.29. The smallest absolute Gasteiger partial charge is 0.256 e. The monoisotopic (exact) mass is 310 g/mol. The van der Waals surface area contributed by atoms with E-state index in [2.05, 4.69) is 5.32 Å². The lowest BCUT2D eigenvalue weighted by atomic mass is 10.0. The zero-order valence-corrected chi connectivity index (χ0v) is 12.8. The van der Waals surface area contributed by atoms with Crippen molar-refractivity contribution in [3.8, 4) is 0 Å². The molecule has 0 spiro atoms. The molecule has 0 heterocycles. The fourth-order valence-corrected chi connectivity index (χ4v) is 2.62. The number of nitrogens with one attached hydrogen (secondary N) is 1. The van der Waals surface area contributed by atoms with Gasteiger partial charge in [0.05, 0.1) is 0 Å². The molecule has 3 rings (SSSR count). The van der Waals surface area contributed by atoms with E-state index in [1.807, 2.05) is 49.4 Å². The highest BCUT2D eigenvalue weighted by molar-refractivity contribution is 6.36. The van der Waals surface area contributed by atoms with Crippen LogP contribution in [0.3, 0.4) is 0 Å². The standard InChI is InChI=1S/C18H15ClN2O/c1-11-8-9-12(10-17(11)20)21-18(22)15-6-2-5-14-13(15)4-3-7-16(14)19/h2-10H,20H2,1H3,(H,21,22). The molecule has 110 valence electrons. The Labute approximate surface area is 133 Å². The maximum Gasteiger partial charge on any atom is 0.256 e. The third kappa shape index (κ3) is 2.63. The van der Waals surface area contributed by atoms with E-state index in [0.717, 1.165) is 16.3 Å². The lowest BCUT2D eigenvalue weighted by Gasteiger charge is -2.10. The molecule has 0 saturated heterocycles. The average Bonchev–Trinajstić information content (AvgIpc) is 2.51. The Morgan fingerprint density at radius 2 is 1.77 bits per heavy atom. The lowest BCUT2D eigenvalue weighted by molar-refractivity contribution is 0.102. The number of nitrogens with two attached hydrogens (primary N) is 1. The minimum absolute atomic E-state index is 0.184. The molecule has 0 bridgehead atoms. The first-order valence-electron chi connectivity index (χ1n) is 6.91. The van der Waals surface area contributed by atoms with Crippen molar-refractivity contribution in [2.75, 3.05) is 11.1 Å². The first-order chi connectivity index (χ1) is 10.6. The Bertz CT molecular complexity index is 874. The number of fused-ring (bicyclic) bond motifs is 1. The second-order valence-corrected chi connectivity index (χ2v) is 5.57. The molecule has 22 heavy (non-hydrogen) atoms. The third-order valence-electron chi connectivity index (χ3n) is 3.65. The number of hydrogen-bond acceptors (Lipinski definition) is 2. The second-order valence-electron chi connectivity index (χ2n) is 5.17. The minimum Gasteiger partial charge on any atom is -0.398 e. The Morgan fingerprint density at radius 3 is 2.55 bits per heavy atom. The van der Waals surface area contributed by atoms with Gasteiger partial charge in [-0.3, -0.25) is 4.79 Å². The zero-order valence-electron chi connectivity index (χ0n) is 12.1. The molecule has 0 unspecified atom stereocenters. The van der Waals surface area contributed by atoms with Crippen molar-refractivity contribution >= 4 is 39.7 Å². The van der Waals surface area contributed by atoms with Crippen molar-refractivity contribution in [1.29, 1.82) is 0 Å². The molecule has 0 aliphatic heterocycles. The number of benzene rings is 3. The molecule has 4 heteroatoms. The molecule has 3 aromatic rings. The predicted octanol–water partition coefficient (Wildman–Crippen LogP) is 4.64. The van der Waals surface area contributed by atoms with Gasteiger partial charge >= 0.3 is 0 Å². The number of anilines is 2. The number of carbonyl (C=O) groups excluding carboxylic acids is 1. The van der Waals surface area contributed by atoms with Crippen LogP contribution in [0.4, 0.5) is 11.4 Å². The van der Waals surface area contributed by atoms with Gasteiger partial charge in [-0.1, -0.05) is 41.9 Å². The molecule has 0 aromatic heterocycles. The predicted molar refractivity (Wildman–Crippen MR) is 92.5 cm³/mol. The summed E-state index contributed by atoms with van der Waals surface area (Å²) in [4.78, 5) is 12.5. The van der Waals surface area contributed by atoms with E-state index in [1.54, 1.807) is 12.1 Å². The fourth-order valence-electron chi connectivity index (χ4n) is 2.39. The highest BCUT2D eigenvalue weighted by atomic mass is 35.5. The number of rotatable bonds is 2. The van der Waals surface area contributed by atoms with Gasteiger partial charge in [-0.25, -0.2) is 0 Å². The number of amides is 1. The van der Waals surface area contributed by atoms with Crippen LogP contribution in [0.15, 0.2) is 54.6 Å². The molecule has 3 nitrogen and oxygen atoms in total. The summed E-state index contributed by atoms with van der Waals surface area (Å²) in [5, 5.41) is 5.19. The van der Waals surface area contributed by atoms with Crippen molar-refractivity contribution in [3.05, 3.63) is 70.7 Å². The second kappa shape index (κ2) is 5.70. The quantitative estimate of drug-likeness (QED) is 0.678. The normalized spacial score (nSPS) is 10.6. The van der Waals surface area contributed by atoms with Crippen LogP contribution in [0.1, 0.15) is 15.9 Å². The van der Waals surface area contributed by atoms with Crippen molar-refractivity contribution in [2.24, 2.45) is 0 Å². The van der Waals surface area contributed by atoms with E-state index in [9.17, 15) is 4.79 Å². The topological polar surface area (TPSA) is 55.1 Å². The molecule has 3 aromatic carbocycles. The molecule has 0 aliphatic rings. The molecule has 1 amide bonds. The summed E-state index contributed by atoms with van der Waals surface area (Å²) in [5.74, 6) is -0.184. The molecule has 3 N–H and O–H groups in total. The molecule has 0 radical (unpaired) electrons. The lowest BCUT2D eigenvalue weighted by Crippen LogP contribution is -2.12. The maximum atomic E-state index is 12.5. The van der Waals surface area contributed by atoms with Gasteiger partial charge in [0.15, 0.2) is 0 Å². The van der Waals surface area contributed by atoms with Crippen LogP contribution < -0.4 is 11.1 Å². The molecular formula is C18H15ClN2O. The Balaban J connectivity index is 1.99. The average molecular weight is 311 g/mol. The van der Waals surface area contributed by atoms with Gasteiger partial charge in [-0.15, -0.1) is 0 Å². The van der Waals surface area contributed by atoms with Gasteiger partial charge in [-0.05, 0) is 42.1 Å². The summed E-state index contributed by atoms with van der Waals surface area (Å²) >= 11 is 6.18. The SMILES string of the molecule is Cc1ccc(NC(=O)c2cccc3c(Cl)cccc23)cc1N. The van der Waals surface area contributed by atoms with Gasteiger partial charge in [0.1, 0.15) is 0 Å². The van der Waals surface area contributed by atoms with E-state index in [-0.39, 0.29) is 5.91 Å². The largest absolute Gasteiger partial charge is 0.398 e. The Kier molecular flexibility index (Phi) is 3.73. The van der Waals surface area contributed by atoms with Crippen LogP contribution in [0, 0.1) is 6.92 Å². The van der Waals surface area contributed by atoms with E-state index in [1.165, 1.54) is 0 Å². The highest BCUT2D eigenvalue weighted by Gasteiger charge is 2.11. The summed E-state index contributed by atoms with van der Waals surface area (Å²) in [6.45, 7) is 1.92. The summed E-state index contributed by atoms with van der Waals surface area (Å²) in [7, 11) is 0. The van der Waals surface area contributed by atoms with Gasteiger partial charge < -0.3 is 11.1 Å². The summed E-state index contributed by atoms with van der Waals surface area (Å²) in [5.41, 5.74) is 8.77. The summed E-state index contributed by atoms with van der Waals surface area (Å²) in [6.07, 6.45) is 0. The fraction of sp³-hybridized carbons (Fsp3) is 0.0556. The van der Waals surface area contributed by atoms with Crippen LogP contribution in [-0.2, 0) is 0 Å². The van der Waals surface area contributed by atoms with E-state index in [4.69, 9.17) is 17.3 Å².